The molecule has 2 aromatic heterocycles. The van der Waals surface area contributed by atoms with Crippen LogP contribution in [-0.4, -0.2) is 24.6 Å². The first-order chi connectivity index (χ1) is 16.9. The fraction of sp³-hybridized carbons (Fsp3) is 0.148. The van der Waals surface area contributed by atoms with Gasteiger partial charge >= 0.3 is 0 Å². The molecule has 0 N–H and O–H groups in total. The van der Waals surface area contributed by atoms with E-state index in [9.17, 15) is 9.59 Å². The second kappa shape index (κ2) is 9.03. The molecular weight excluding hydrogens is 512 g/mol. The van der Waals surface area contributed by atoms with Gasteiger partial charge in [-0.05, 0) is 60.5 Å². The van der Waals surface area contributed by atoms with Crippen LogP contribution in [0.2, 0.25) is 0 Å². The molecule has 0 spiro atoms. The lowest BCUT2D eigenvalue weighted by Gasteiger charge is -2.25. The summed E-state index contributed by atoms with van der Waals surface area (Å²) in [5, 5.41) is 0.382. The number of carbonyl (C=O) groups is 1. The molecule has 1 aliphatic rings. The third-order valence-electron chi connectivity index (χ3n) is 5.84. The molecule has 2 aromatic carbocycles. The highest BCUT2D eigenvalue weighted by molar-refractivity contribution is 9.10. The highest BCUT2D eigenvalue weighted by Crippen LogP contribution is 2.43. The SMILES string of the molecule is C=CCOc1ccc(C2c3c(oc4ccc(Br)cc4c3=O)C(=O)N2c2cc(C)ccn2)cc1OC. The number of ether oxygens (including phenoxy) is 2. The van der Waals surface area contributed by atoms with Gasteiger partial charge in [-0.2, -0.15) is 0 Å². The van der Waals surface area contributed by atoms with Gasteiger partial charge in [0.25, 0.3) is 5.91 Å². The van der Waals surface area contributed by atoms with Crippen molar-refractivity contribution >= 4 is 38.6 Å². The lowest BCUT2D eigenvalue weighted by atomic mass is 9.98. The van der Waals surface area contributed by atoms with Gasteiger partial charge in [-0.15, -0.1) is 0 Å². The molecule has 8 heteroatoms. The Morgan fingerprint density at radius 2 is 1.97 bits per heavy atom. The molecule has 3 heterocycles. The van der Waals surface area contributed by atoms with Crippen LogP contribution >= 0.6 is 15.9 Å². The number of aromatic nitrogens is 1. The van der Waals surface area contributed by atoms with E-state index < -0.39 is 11.9 Å². The lowest BCUT2D eigenvalue weighted by Crippen LogP contribution is -2.30. The number of halogens is 1. The summed E-state index contributed by atoms with van der Waals surface area (Å²) < 4.78 is 18.0. The Balaban J connectivity index is 1.77. The van der Waals surface area contributed by atoms with Crippen molar-refractivity contribution < 1.29 is 18.7 Å². The molecule has 0 radical (unpaired) electrons. The average Bonchev–Trinajstić information content (AvgIpc) is 3.15. The Hall–Kier alpha value is -3.91. The number of amides is 1. The molecule has 0 bridgehead atoms. The number of pyridine rings is 1. The van der Waals surface area contributed by atoms with Crippen molar-refractivity contribution in [3.63, 3.8) is 0 Å². The number of aryl methyl sites for hydroxylation is 1. The molecule has 0 aliphatic carbocycles. The monoisotopic (exact) mass is 532 g/mol. The first-order valence-corrected chi connectivity index (χ1v) is 11.7. The number of nitrogens with zero attached hydrogens (tertiary/aromatic N) is 2. The van der Waals surface area contributed by atoms with Crippen molar-refractivity contribution in [3.05, 3.63) is 105 Å². The van der Waals surface area contributed by atoms with Crippen LogP contribution in [0.4, 0.5) is 5.82 Å². The van der Waals surface area contributed by atoms with E-state index in [1.807, 2.05) is 13.0 Å². The fourth-order valence-corrected chi connectivity index (χ4v) is 4.63. The molecule has 1 unspecified atom stereocenters. The third kappa shape index (κ3) is 3.89. The molecule has 0 fully saturated rings. The highest BCUT2D eigenvalue weighted by Gasteiger charge is 2.44. The standard InChI is InChI=1S/C27H21BrN2O5/c1-4-11-34-20-7-5-16(13-21(20)33-3)24-23-25(31)18-14-17(28)6-8-19(18)35-26(23)27(32)30(24)22-12-15(2)9-10-29-22/h4-10,12-14,24H,1,11H2,2-3H3. The zero-order chi connectivity index (χ0) is 24.7. The summed E-state index contributed by atoms with van der Waals surface area (Å²) in [6.07, 6.45) is 3.27. The number of hydrogen-bond acceptors (Lipinski definition) is 6. The molecule has 1 amide bonds. The van der Waals surface area contributed by atoms with E-state index in [0.29, 0.717) is 40.5 Å². The minimum absolute atomic E-state index is 0.00378. The second-order valence-electron chi connectivity index (χ2n) is 8.09. The summed E-state index contributed by atoms with van der Waals surface area (Å²) in [7, 11) is 1.53. The number of fused-ring (bicyclic) bond motifs is 2. The Morgan fingerprint density at radius 1 is 1.14 bits per heavy atom. The van der Waals surface area contributed by atoms with Crippen LogP contribution in [0.25, 0.3) is 11.0 Å². The van der Waals surface area contributed by atoms with Crippen LogP contribution in [0.15, 0.2) is 81.1 Å². The fourth-order valence-electron chi connectivity index (χ4n) is 4.27. The van der Waals surface area contributed by atoms with Crippen molar-refractivity contribution in [1.82, 2.24) is 4.98 Å². The molecule has 7 nitrogen and oxygen atoms in total. The van der Waals surface area contributed by atoms with Crippen molar-refractivity contribution in [2.75, 3.05) is 18.6 Å². The van der Waals surface area contributed by atoms with E-state index in [1.165, 1.54) is 12.0 Å². The number of hydrogen-bond donors (Lipinski definition) is 0. The van der Waals surface area contributed by atoms with E-state index in [1.54, 1.807) is 54.7 Å². The normalized spacial score (nSPS) is 14.8. The lowest BCUT2D eigenvalue weighted by molar-refractivity contribution is 0.0970. The van der Waals surface area contributed by atoms with Crippen LogP contribution in [0, 0.1) is 6.92 Å². The number of methoxy groups -OCH3 is 1. The smallest absolute Gasteiger partial charge is 0.296 e. The van der Waals surface area contributed by atoms with E-state index >= 15 is 0 Å². The second-order valence-corrected chi connectivity index (χ2v) is 9.01. The van der Waals surface area contributed by atoms with Crippen LogP contribution < -0.4 is 19.8 Å². The van der Waals surface area contributed by atoms with Crippen molar-refractivity contribution in [3.8, 4) is 11.5 Å². The topological polar surface area (TPSA) is 81.9 Å². The number of anilines is 1. The summed E-state index contributed by atoms with van der Waals surface area (Å²) in [6.45, 7) is 5.90. The molecule has 1 atom stereocenters. The molecule has 0 saturated carbocycles. The summed E-state index contributed by atoms with van der Waals surface area (Å²) in [5.41, 5.74) is 1.91. The Labute approximate surface area is 209 Å². The van der Waals surface area contributed by atoms with Crippen molar-refractivity contribution in [1.29, 1.82) is 0 Å². The van der Waals surface area contributed by atoms with Crippen LogP contribution in [0.1, 0.15) is 33.3 Å². The molecule has 4 aromatic rings. The quantitative estimate of drug-likeness (QED) is 0.301. The maximum Gasteiger partial charge on any atom is 0.296 e. The first kappa shape index (κ1) is 22.9. The van der Waals surface area contributed by atoms with Gasteiger partial charge in [-0.25, -0.2) is 4.98 Å². The predicted molar refractivity (Wildman–Crippen MR) is 136 cm³/mol. The van der Waals surface area contributed by atoms with Gasteiger partial charge in [-0.3, -0.25) is 14.5 Å². The van der Waals surface area contributed by atoms with Gasteiger partial charge in [0, 0.05) is 10.7 Å². The zero-order valence-electron chi connectivity index (χ0n) is 19.1. The Bertz CT molecular complexity index is 1540. The minimum Gasteiger partial charge on any atom is -0.493 e. The van der Waals surface area contributed by atoms with Crippen molar-refractivity contribution in [2.24, 2.45) is 0 Å². The molecular formula is C27H21BrN2O5. The Kier molecular flexibility index (Phi) is 5.90. The number of rotatable bonds is 6. The van der Waals surface area contributed by atoms with Gasteiger partial charge in [0.1, 0.15) is 18.0 Å². The highest BCUT2D eigenvalue weighted by atomic mass is 79.9. The first-order valence-electron chi connectivity index (χ1n) is 10.9. The summed E-state index contributed by atoms with van der Waals surface area (Å²) in [6, 6.07) is 13.3. The minimum atomic E-state index is -0.770. The average molecular weight is 533 g/mol. The van der Waals surface area contributed by atoms with E-state index in [4.69, 9.17) is 13.9 Å². The van der Waals surface area contributed by atoms with Gasteiger partial charge in [-0.1, -0.05) is 34.7 Å². The number of carbonyl (C=O) groups excluding carboxylic acids is 1. The van der Waals surface area contributed by atoms with Gasteiger partial charge in [0.2, 0.25) is 5.76 Å². The molecule has 0 saturated heterocycles. The van der Waals surface area contributed by atoms with Crippen LogP contribution in [-0.2, 0) is 0 Å². The molecule has 35 heavy (non-hydrogen) atoms. The molecule has 1 aliphatic heterocycles. The summed E-state index contributed by atoms with van der Waals surface area (Å²) in [4.78, 5) is 33.4. The van der Waals surface area contributed by atoms with Crippen LogP contribution in [0.3, 0.4) is 0 Å². The Morgan fingerprint density at radius 3 is 2.71 bits per heavy atom. The molecule has 176 valence electrons. The maximum absolute atomic E-state index is 13.8. The van der Waals surface area contributed by atoms with E-state index in [-0.39, 0.29) is 16.8 Å². The third-order valence-corrected chi connectivity index (χ3v) is 6.33. The predicted octanol–water partition coefficient (Wildman–Crippen LogP) is 5.58. The maximum atomic E-state index is 13.8. The molecule has 5 rings (SSSR count). The summed E-state index contributed by atoms with van der Waals surface area (Å²) >= 11 is 3.42. The zero-order valence-corrected chi connectivity index (χ0v) is 20.7. The number of benzene rings is 2. The van der Waals surface area contributed by atoms with Crippen molar-refractivity contribution in [2.45, 2.75) is 13.0 Å². The van der Waals surface area contributed by atoms with Gasteiger partial charge in [0.15, 0.2) is 16.9 Å². The van der Waals surface area contributed by atoms with E-state index in [0.717, 1.165) is 10.0 Å². The largest absolute Gasteiger partial charge is 0.493 e. The van der Waals surface area contributed by atoms with E-state index in [2.05, 4.69) is 27.5 Å². The summed E-state index contributed by atoms with van der Waals surface area (Å²) in [5.74, 6) is 0.979. The van der Waals surface area contributed by atoms with Crippen LogP contribution in [0.5, 0.6) is 11.5 Å². The van der Waals surface area contributed by atoms with Gasteiger partial charge < -0.3 is 13.9 Å². The van der Waals surface area contributed by atoms with Gasteiger partial charge in [0.05, 0.1) is 24.1 Å².